The molecule has 5 nitrogen and oxygen atoms in total. The summed E-state index contributed by atoms with van der Waals surface area (Å²) in [7, 11) is 0. The van der Waals surface area contributed by atoms with Gasteiger partial charge in [0.1, 0.15) is 5.00 Å². The number of hydrogen-bond donors (Lipinski definition) is 2. The fourth-order valence-electron chi connectivity index (χ4n) is 2.00. The minimum absolute atomic E-state index is 0.110. The summed E-state index contributed by atoms with van der Waals surface area (Å²) < 4.78 is 2.05. The number of thioether (sulfide) groups is 1. The van der Waals surface area contributed by atoms with E-state index >= 15 is 0 Å². The van der Waals surface area contributed by atoms with Gasteiger partial charge in [0.2, 0.25) is 0 Å². The molecule has 0 unspecified atom stereocenters. The molecule has 2 aromatic rings. The van der Waals surface area contributed by atoms with Crippen LogP contribution in [0.5, 0.6) is 0 Å². The molecule has 2 heterocycles. The molecule has 0 spiro atoms. The number of anilines is 2. The van der Waals surface area contributed by atoms with Crippen molar-refractivity contribution in [1.29, 1.82) is 0 Å². The molecule has 0 saturated heterocycles. The predicted octanol–water partition coefficient (Wildman–Crippen LogP) is 3.34. The number of nitrogens with one attached hydrogen (secondary N) is 1. The van der Waals surface area contributed by atoms with Crippen molar-refractivity contribution in [1.82, 2.24) is 9.55 Å². The average molecular weight is 324 g/mol. The molecule has 21 heavy (non-hydrogen) atoms. The van der Waals surface area contributed by atoms with Crippen molar-refractivity contribution in [3.8, 4) is 0 Å². The maximum Gasteiger partial charge on any atom is 0.174 e. The van der Waals surface area contributed by atoms with Crippen molar-refractivity contribution in [2.75, 3.05) is 23.9 Å². The molecule has 0 aliphatic rings. The number of nitrogens with zero attached hydrogens (tertiary/aromatic N) is 2. The molecule has 114 valence electrons. The van der Waals surface area contributed by atoms with Crippen LogP contribution < -0.4 is 11.1 Å². The van der Waals surface area contributed by atoms with Crippen molar-refractivity contribution in [2.45, 2.75) is 31.2 Å². The van der Waals surface area contributed by atoms with Gasteiger partial charge in [-0.2, -0.15) is 0 Å². The molecule has 0 aliphatic carbocycles. The maximum absolute atomic E-state index is 11.9. The Morgan fingerprint density at radius 3 is 3.00 bits per heavy atom. The maximum atomic E-state index is 11.9. The SMILES string of the molecule is CCC(=O)c1sc(NCCCn2ccnc2)c(SC)c1N. The Labute approximate surface area is 132 Å². The monoisotopic (exact) mass is 324 g/mol. The second kappa shape index (κ2) is 7.51. The molecule has 2 rings (SSSR count). The molecule has 0 aliphatic heterocycles. The number of imidazole rings is 1. The highest BCUT2D eigenvalue weighted by atomic mass is 32.2. The molecule has 0 aromatic carbocycles. The van der Waals surface area contributed by atoms with Gasteiger partial charge in [0.15, 0.2) is 5.78 Å². The molecule has 0 bridgehead atoms. The van der Waals surface area contributed by atoms with Crippen molar-refractivity contribution < 1.29 is 4.79 Å². The van der Waals surface area contributed by atoms with Gasteiger partial charge in [-0.05, 0) is 12.7 Å². The third-order valence-electron chi connectivity index (χ3n) is 3.12. The van der Waals surface area contributed by atoms with Gasteiger partial charge in [-0.15, -0.1) is 23.1 Å². The number of aromatic nitrogens is 2. The van der Waals surface area contributed by atoms with Gasteiger partial charge >= 0.3 is 0 Å². The first-order chi connectivity index (χ1) is 10.2. The number of aryl methyl sites for hydroxylation is 1. The lowest BCUT2D eigenvalue weighted by Crippen LogP contribution is -2.05. The van der Waals surface area contributed by atoms with Crippen LogP contribution in [-0.4, -0.2) is 28.1 Å². The number of nitrogen functional groups attached to an aromatic ring is 1. The quantitative estimate of drug-likeness (QED) is 0.442. The first kappa shape index (κ1) is 15.9. The molecule has 0 saturated carbocycles. The summed E-state index contributed by atoms with van der Waals surface area (Å²) in [6, 6.07) is 0. The van der Waals surface area contributed by atoms with Crippen LogP contribution >= 0.6 is 23.1 Å². The molecule has 7 heteroatoms. The summed E-state index contributed by atoms with van der Waals surface area (Å²) in [6.45, 7) is 3.62. The van der Waals surface area contributed by atoms with Crippen molar-refractivity contribution in [3.05, 3.63) is 23.6 Å². The van der Waals surface area contributed by atoms with Gasteiger partial charge in [-0.1, -0.05) is 6.92 Å². The van der Waals surface area contributed by atoms with Gasteiger partial charge < -0.3 is 15.6 Å². The number of carbonyl (C=O) groups is 1. The Hall–Kier alpha value is -1.47. The number of rotatable bonds is 8. The van der Waals surface area contributed by atoms with E-state index in [9.17, 15) is 4.79 Å². The summed E-state index contributed by atoms with van der Waals surface area (Å²) >= 11 is 3.05. The predicted molar refractivity (Wildman–Crippen MR) is 90.5 cm³/mol. The van der Waals surface area contributed by atoms with Gasteiger partial charge in [-0.3, -0.25) is 4.79 Å². The highest BCUT2D eigenvalue weighted by Gasteiger charge is 2.19. The van der Waals surface area contributed by atoms with E-state index in [1.807, 2.05) is 30.3 Å². The van der Waals surface area contributed by atoms with Crippen molar-refractivity contribution in [2.24, 2.45) is 0 Å². The highest BCUT2D eigenvalue weighted by molar-refractivity contribution is 7.99. The third-order valence-corrected chi connectivity index (χ3v) is 5.28. The zero-order chi connectivity index (χ0) is 15.2. The average Bonchev–Trinajstić information content (AvgIpc) is 3.10. The Morgan fingerprint density at radius 2 is 2.38 bits per heavy atom. The molecular weight excluding hydrogens is 304 g/mol. The lowest BCUT2D eigenvalue weighted by molar-refractivity contribution is 0.0992. The second-order valence-electron chi connectivity index (χ2n) is 4.56. The lowest BCUT2D eigenvalue weighted by atomic mass is 10.2. The fourth-order valence-corrected chi connectivity index (χ4v) is 4.07. The number of thiophene rings is 1. The van der Waals surface area contributed by atoms with Crippen LogP contribution in [-0.2, 0) is 6.54 Å². The van der Waals surface area contributed by atoms with E-state index < -0.39 is 0 Å². The van der Waals surface area contributed by atoms with Crippen molar-refractivity contribution in [3.63, 3.8) is 0 Å². The molecule has 0 fully saturated rings. The topological polar surface area (TPSA) is 72.9 Å². The second-order valence-corrected chi connectivity index (χ2v) is 6.40. The van der Waals surface area contributed by atoms with Crippen LogP contribution in [0, 0.1) is 0 Å². The van der Waals surface area contributed by atoms with Crippen LogP contribution in [0.3, 0.4) is 0 Å². The Balaban J connectivity index is 1.97. The van der Waals surface area contributed by atoms with Crippen LogP contribution in [0.1, 0.15) is 29.4 Å². The molecule has 2 aromatic heterocycles. The largest absolute Gasteiger partial charge is 0.396 e. The van der Waals surface area contributed by atoms with Gasteiger partial charge in [0.05, 0.1) is 21.8 Å². The smallest absolute Gasteiger partial charge is 0.174 e. The normalized spacial score (nSPS) is 10.8. The summed E-state index contributed by atoms with van der Waals surface area (Å²) in [6.07, 6.45) is 9.00. The number of Topliss-reactive ketones (excluding diaryl/α,β-unsaturated/α-hetero) is 1. The van der Waals surface area contributed by atoms with E-state index in [-0.39, 0.29) is 5.78 Å². The van der Waals surface area contributed by atoms with Crippen LogP contribution in [0.25, 0.3) is 0 Å². The number of hydrogen-bond acceptors (Lipinski definition) is 6. The van der Waals surface area contributed by atoms with E-state index in [4.69, 9.17) is 5.73 Å². The molecule has 0 radical (unpaired) electrons. The van der Waals surface area contributed by atoms with E-state index in [0.29, 0.717) is 17.0 Å². The molecule has 0 atom stereocenters. The Morgan fingerprint density at radius 1 is 1.57 bits per heavy atom. The zero-order valence-corrected chi connectivity index (χ0v) is 13.9. The van der Waals surface area contributed by atoms with E-state index in [1.165, 1.54) is 11.3 Å². The zero-order valence-electron chi connectivity index (χ0n) is 12.3. The highest BCUT2D eigenvalue weighted by Crippen LogP contribution is 2.42. The standard InChI is InChI=1S/C14H20N4OS2/c1-3-10(19)12-11(15)13(20-2)14(21-12)17-5-4-7-18-8-6-16-9-18/h6,8-9,17H,3-5,7,15H2,1-2H3. The summed E-state index contributed by atoms with van der Waals surface area (Å²) in [5.74, 6) is 0.110. The summed E-state index contributed by atoms with van der Waals surface area (Å²) in [5, 5.41) is 4.40. The third kappa shape index (κ3) is 3.79. The number of carbonyl (C=O) groups excluding carboxylic acids is 1. The van der Waals surface area contributed by atoms with Crippen LogP contribution in [0.2, 0.25) is 0 Å². The minimum Gasteiger partial charge on any atom is -0.396 e. The number of nitrogens with two attached hydrogens (primary N) is 1. The van der Waals surface area contributed by atoms with Gasteiger partial charge in [0.25, 0.3) is 0 Å². The lowest BCUT2D eigenvalue weighted by Gasteiger charge is -2.06. The van der Waals surface area contributed by atoms with E-state index in [1.54, 1.807) is 18.0 Å². The van der Waals surface area contributed by atoms with Crippen LogP contribution in [0.4, 0.5) is 10.7 Å². The van der Waals surface area contributed by atoms with Crippen molar-refractivity contribution >= 4 is 39.6 Å². The molecular formula is C14H20N4OS2. The first-order valence-electron chi connectivity index (χ1n) is 6.86. The first-order valence-corrected chi connectivity index (χ1v) is 8.90. The van der Waals surface area contributed by atoms with E-state index in [2.05, 4.69) is 10.3 Å². The van der Waals surface area contributed by atoms with Gasteiger partial charge in [-0.25, -0.2) is 4.98 Å². The Kier molecular flexibility index (Phi) is 5.69. The summed E-state index contributed by atoms with van der Waals surface area (Å²) in [4.78, 5) is 17.6. The fraction of sp³-hybridized carbons (Fsp3) is 0.429. The van der Waals surface area contributed by atoms with Crippen LogP contribution in [0.15, 0.2) is 23.6 Å². The van der Waals surface area contributed by atoms with E-state index in [0.717, 1.165) is 29.4 Å². The number of ketones is 1. The van der Waals surface area contributed by atoms with Gasteiger partial charge in [0, 0.05) is 31.9 Å². The molecule has 3 N–H and O–H groups in total. The summed E-state index contributed by atoms with van der Waals surface area (Å²) in [5.41, 5.74) is 6.71. The Bertz CT molecular complexity index is 592. The molecule has 0 amide bonds. The minimum atomic E-state index is 0.110.